The largest absolute Gasteiger partial charge is 0.480 e. The number of carbonyl (C=O) groups is 1. The van der Waals surface area contributed by atoms with Crippen LogP contribution in [0.3, 0.4) is 0 Å². The fraction of sp³-hybridized carbons (Fsp3) is 0.636. The molecule has 0 bridgehead atoms. The number of hydrogen-bond donors (Lipinski definition) is 2. The summed E-state index contributed by atoms with van der Waals surface area (Å²) >= 11 is 4.45. The van der Waals surface area contributed by atoms with E-state index in [1.54, 1.807) is 6.33 Å². The van der Waals surface area contributed by atoms with Gasteiger partial charge < -0.3 is 15.4 Å². The minimum absolute atomic E-state index is 0.0610. The van der Waals surface area contributed by atoms with Gasteiger partial charge in [-0.2, -0.15) is 0 Å². The monoisotopic (exact) mass is 475 g/mol. The number of nitrogens with two attached hydrogens (primary N) is 1. The third-order valence-corrected chi connectivity index (χ3v) is 6.67. The topological polar surface area (TPSA) is 81.1 Å². The van der Waals surface area contributed by atoms with Gasteiger partial charge in [0.15, 0.2) is 0 Å². The molecular weight excluding hydrogens is 460 g/mol. The first-order chi connectivity index (χ1) is 8.45. The predicted octanol–water partition coefficient (Wildman–Crippen LogP) is 2.06. The third-order valence-electron chi connectivity index (χ3n) is 3.72. The zero-order valence-electron chi connectivity index (χ0n) is 9.77. The maximum Gasteiger partial charge on any atom is 0.323 e. The maximum absolute atomic E-state index is 11.3. The zero-order valence-corrected chi connectivity index (χ0v) is 14.1. The first-order valence-electron chi connectivity index (χ1n) is 5.83. The molecule has 0 spiro atoms. The number of hydrogen-bond acceptors (Lipinski definition) is 3. The van der Waals surface area contributed by atoms with Gasteiger partial charge in [-0.15, -0.1) is 0 Å². The van der Waals surface area contributed by atoms with Gasteiger partial charge in [-0.25, -0.2) is 4.98 Å². The van der Waals surface area contributed by atoms with E-state index in [-0.39, 0.29) is 5.92 Å². The van der Waals surface area contributed by atoms with Crippen LogP contribution in [-0.2, 0) is 11.3 Å². The van der Waals surface area contributed by atoms with Gasteiger partial charge in [-0.3, -0.25) is 4.79 Å². The molecule has 18 heavy (non-hydrogen) atoms. The van der Waals surface area contributed by atoms with Crippen molar-refractivity contribution >= 4 is 51.2 Å². The van der Waals surface area contributed by atoms with Crippen molar-refractivity contribution in [3.8, 4) is 0 Å². The Hall–Kier alpha value is 0.100. The lowest BCUT2D eigenvalue weighted by atomic mass is 9.86. The lowest BCUT2D eigenvalue weighted by Gasteiger charge is -2.26. The van der Waals surface area contributed by atoms with Gasteiger partial charge in [0.1, 0.15) is 12.9 Å². The van der Waals surface area contributed by atoms with Crippen molar-refractivity contribution in [2.24, 2.45) is 11.7 Å². The summed E-state index contributed by atoms with van der Waals surface area (Å²) < 4.78 is 4.14. The van der Waals surface area contributed by atoms with Crippen molar-refractivity contribution in [2.45, 2.75) is 37.8 Å². The second-order valence-electron chi connectivity index (χ2n) is 4.74. The minimum Gasteiger partial charge on any atom is -0.480 e. The summed E-state index contributed by atoms with van der Waals surface area (Å²) in [6, 6.07) is 0. The maximum atomic E-state index is 11.3. The Bertz CT molecular complexity index is 463. The summed E-state index contributed by atoms with van der Waals surface area (Å²) in [6.07, 6.45) is 5.01. The highest BCUT2D eigenvalue weighted by atomic mass is 127. The first kappa shape index (κ1) is 14.5. The van der Waals surface area contributed by atoms with Crippen LogP contribution in [0.25, 0.3) is 0 Å². The average molecular weight is 475 g/mol. The van der Waals surface area contributed by atoms with E-state index in [1.165, 1.54) is 0 Å². The molecule has 2 unspecified atom stereocenters. The number of halogens is 2. The first-order valence-corrected chi connectivity index (χ1v) is 7.99. The van der Waals surface area contributed by atoms with Crippen LogP contribution < -0.4 is 5.73 Å². The molecule has 1 fully saturated rings. The molecule has 1 aliphatic carbocycles. The molecule has 1 heterocycles. The number of carboxylic acid groups (broad SMARTS) is 1. The lowest BCUT2D eigenvalue weighted by molar-refractivity contribution is -0.144. The highest BCUT2D eigenvalue weighted by molar-refractivity contribution is 14.1. The fourth-order valence-electron chi connectivity index (χ4n) is 2.58. The van der Waals surface area contributed by atoms with Gasteiger partial charge in [0.25, 0.3) is 0 Å². The van der Waals surface area contributed by atoms with E-state index in [2.05, 4.69) is 54.7 Å². The molecule has 1 aromatic heterocycles. The van der Waals surface area contributed by atoms with Crippen molar-refractivity contribution < 1.29 is 9.90 Å². The second-order valence-corrected chi connectivity index (χ2v) is 6.79. The molecule has 100 valence electrons. The van der Waals surface area contributed by atoms with Crippen LogP contribution in [0.5, 0.6) is 0 Å². The van der Waals surface area contributed by atoms with Gasteiger partial charge in [0, 0.05) is 6.54 Å². The summed E-state index contributed by atoms with van der Waals surface area (Å²) in [5.41, 5.74) is 5.00. The molecule has 1 saturated carbocycles. The Morgan fingerprint density at radius 2 is 2.39 bits per heavy atom. The number of carboxylic acids is 1. The molecule has 0 amide bonds. The van der Waals surface area contributed by atoms with E-state index < -0.39 is 11.5 Å². The van der Waals surface area contributed by atoms with Gasteiger partial charge in [0.2, 0.25) is 0 Å². The number of imidazole rings is 1. The fourth-order valence-corrected chi connectivity index (χ4v) is 3.52. The molecule has 1 aromatic rings. The Morgan fingerprint density at radius 1 is 1.67 bits per heavy atom. The molecule has 3 N–H and O–H groups in total. The highest BCUT2D eigenvalue weighted by Crippen LogP contribution is 2.36. The minimum atomic E-state index is -1.03. The molecule has 0 radical (unpaired) electrons. The molecule has 2 rings (SSSR count). The summed E-state index contributed by atoms with van der Waals surface area (Å²) in [7, 11) is 0. The van der Waals surface area contributed by atoms with Gasteiger partial charge in [0.05, 0.1) is 6.33 Å². The van der Waals surface area contributed by atoms with Crippen molar-refractivity contribution in [3.63, 3.8) is 0 Å². The molecule has 0 aromatic carbocycles. The molecule has 5 nitrogen and oxygen atoms in total. The second kappa shape index (κ2) is 5.61. The van der Waals surface area contributed by atoms with Gasteiger partial charge >= 0.3 is 5.97 Å². The highest BCUT2D eigenvalue weighted by Gasteiger charge is 2.45. The van der Waals surface area contributed by atoms with Crippen LogP contribution in [0, 0.1) is 13.3 Å². The Morgan fingerprint density at radius 3 is 2.94 bits per heavy atom. The van der Waals surface area contributed by atoms with E-state index in [1.807, 2.05) is 0 Å². The standard InChI is InChI=1S/C11H15I2N3O2/c12-8-9(13)16(6-15-8)5-3-7-2-1-4-11(7,14)10(17)18/h6-7H,1-5,14H2,(H,17,18). The Labute approximate surface area is 133 Å². The average Bonchev–Trinajstić information content (AvgIpc) is 2.84. The lowest BCUT2D eigenvalue weighted by Crippen LogP contribution is -2.51. The van der Waals surface area contributed by atoms with Crippen LogP contribution in [0.15, 0.2) is 6.33 Å². The zero-order chi connectivity index (χ0) is 13.3. The van der Waals surface area contributed by atoms with Gasteiger partial charge in [-0.1, -0.05) is 6.42 Å². The van der Waals surface area contributed by atoms with Crippen LogP contribution >= 0.6 is 45.2 Å². The van der Waals surface area contributed by atoms with E-state index in [9.17, 15) is 9.90 Å². The van der Waals surface area contributed by atoms with Crippen molar-refractivity contribution in [1.29, 1.82) is 0 Å². The number of aryl methyl sites for hydroxylation is 1. The van der Waals surface area contributed by atoms with Crippen LogP contribution in [0.2, 0.25) is 0 Å². The van der Waals surface area contributed by atoms with Crippen molar-refractivity contribution in [1.82, 2.24) is 9.55 Å². The van der Waals surface area contributed by atoms with Crippen LogP contribution in [0.1, 0.15) is 25.7 Å². The van der Waals surface area contributed by atoms with Crippen LogP contribution in [-0.4, -0.2) is 26.2 Å². The van der Waals surface area contributed by atoms with E-state index in [0.717, 1.165) is 33.2 Å². The van der Waals surface area contributed by atoms with E-state index in [0.29, 0.717) is 6.42 Å². The molecule has 0 aliphatic heterocycles. The Balaban J connectivity index is 2.02. The third kappa shape index (κ3) is 2.67. The molecule has 2 atom stereocenters. The number of aromatic nitrogens is 2. The predicted molar refractivity (Wildman–Crippen MR) is 84.2 cm³/mol. The van der Waals surface area contributed by atoms with E-state index in [4.69, 9.17) is 5.73 Å². The Kier molecular flexibility index (Phi) is 4.52. The summed E-state index contributed by atoms with van der Waals surface area (Å²) in [5, 5.41) is 9.25. The van der Waals surface area contributed by atoms with Crippen LogP contribution in [0.4, 0.5) is 0 Å². The van der Waals surface area contributed by atoms with Gasteiger partial charge in [-0.05, 0) is 70.4 Å². The van der Waals surface area contributed by atoms with E-state index >= 15 is 0 Å². The molecule has 7 heteroatoms. The normalized spacial score (nSPS) is 27.6. The summed E-state index contributed by atoms with van der Waals surface area (Å²) in [6.45, 7) is 0.783. The number of nitrogens with zero attached hydrogens (tertiary/aromatic N) is 2. The number of rotatable bonds is 4. The molecular formula is C11H15I2N3O2. The smallest absolute Gasteiger partial charge is 0.323 e. The summed E-state index contributed by atoms with van der Waals surface area (Å²) in [4.78, 5) is 15.5. The summed E-state index contributed by atoms with van der Waals surface area (Å²) in [5.74, 6) is -0.800. The number of aliphatic carboxylic acids is 1. The quantitative estimate of drug-likeness (QED) is 0.654. The SMILES string of the molecule is NC1(C(=O)O)CCCC1CCn1cnc(I)c1I. The molecule has 1 aliphatic rings. The van der Waals surface area contributed by atoms with Crippen molar-refractivity contribution in [2.75, 3.05) is 0 Å². The molecule has 0 saturated heterocycles. The van der Waals surface area contributed by atoms with Crippen molar-refractivity contribution in [3.05, 3.63) is 13.7 Å².